The van der Waals surface area contributed by atoms with Crippen LogP contribution in [-0.2, 0) is 4.79 Å². The lowest BCUT2D eigenvalue weighted by atomic mass is 10.0. The molecule has 0 saturated carbocycles. The van der Waals surface area contributed by atoms with Gasteiger partial charge in [-0.2, -0.15) is 0 Å². The third-order valence-corrected chi connectivity index (χ3v) is 4.86. The molecule has 2 aliphatic heterocycles. The SMILES string of the molecule is CC(=O)c1ccc2c(c1)N(CCN1CCCC1)C(=O)C(C(C)C)O2. The number of likely N-dealkylation sites (tertiary alicyclic amines) is 1. The molecule has 1 fully saturated rings. The highest BCUT2D eigenvalue weighted by Gasteiger charge is 2.36. The first-order valence-corrected chi connectivity index (χ1v) is 8.82. The number of ether oxygens (including phenoxy) is 1. The Balaban J connectivity index is 1.89. The maximum atomic E-state index is 12.9. The second-order valence-electron chi connectivity index (χ2n) is 7.06. The van der Waals surface area contributed by atoms with Crippen LogP contribution in [0.15, 0.2) is 18.2 Å². The molecule has 1 aromatic rings. The molecule has 5 nitrogen and oxygen atoms in total. The van der Waals surface area contributed by atoms with Gasteiger partial charge in [0.05, 0.1) is 5.69 Å². The molecular formula is C19H26N2O3. The highest BCUT2D eigenvalue weighted by molar-refractivity contribution is 6.02. The normalized spacial score (nSPS) is 21.1. The summed E-state index contributed by atoms with van der Waals surface area (Å²) in [4.78, 5) is 28.8. The standard InChI is InChI=1S/C19H26N2O3/c1-13(2)18-19(23)21(11-10-20-8-4-5-9-20)16-12-15(14(3)22)6-7-17(16)24-18/h6-7,12-13,18H,4-5,8-11H2,1-3H3. The van der Waals surface area contributed by atoms with Gasteiger partial charge in [0.1, 0.15) is 5.75 Å². The number of amides is 1. The number of hydrogen-bond acceptors (Lipinski definition) is 4. The molecule has 0 aliphatic carbocycles. The zero-order chi connectivity index (χ0) is 17.3. The second kappa shape index (κ2) is 6.93. The van der Waals surface area contributed by atoms with Gasteiger partial charge in [0.25, 0.3) is 5.91 Å². The molecule has 0 aromatic heterocycles. The van der Waals surface area contributed by atoms with Crippen LogP contribution in [0, 0.1) is 5.92 Å². The number of ketones is 1. The van der Waals surface area contributed by atoms with Crippen LogP contribution in [0.4, 0.5) is 5.69 Å². The quantitative estimate of drug-likeness (QED) is 0.779. The van der Waals surface area contributed by atoms with Gasteiger partial charge in [-0.3, -0.25) is 9.59 Å². The fourth-order valence-electron chi connectivity index (χ4n) is 3.41. The summed E-state index contributed by atoms with van der Waals surface area (Å²) in [5.74, 6) is 0.792. The molecule has 2 heterocycles. The maximum absolute atomic E-state index is 12.9. The third-order valence-electron chi connectivity index (χ3n) is 4.86. The first-order valence-electron chi connectivity index (χ1n) is 8.82. The van der Waals surface area contributed by atoms with Gasteiger partial charge in [0, 0.05) is 18.7 Å². The molecule has 1 amide bonds. The van der Waals surface area contributed by atoms with E-state index >= 15 is 0 Å². The van der Waals surface area contributed by atoms with Crippen LogP contribution in [0.2, 0.25) is 0 Å². The minimum absolute atomic E-state index is 0.00241. The van der Waals surface area contributed by atoms with E-state index in [1.165, 1.54) is 12.8 Å². The Morgan fingerprint density at radius 1 is 1.25 bits per heavy atom. The van der Waals surface area contributed by atoms with Crippen molar-refractivity contribution in [2.45, 2.75) is 39.7 Å². The molecule has 1 atom stereocenters. The Morgan fingerprint density at radius 3 is 2.58 bits per heavy atom. The van der Waals surface area contributed by atoms with Crippen molar-refractivity contribution >= 4 is 17.4 Å². The molecule has 1 saturated heterocycles. The number of carbonyl (C=O) groups excluding carboxylic acids is 2. The second-order valence-corrected chi connectivity index (χ2v) is 7.06. The number of carbonyl (C=O) groups is 2. The number of fused-ring (bicyclic) bond motifs is 1. The highest BCUT2D eigenvalue weighted by Crippen LogP contribution is 2.36. The summed E-state index contributed by atoms with van der Waals surface area (Å²) in [6.07, 6.45) is 2.01. The van der Waals surface area contributed by atoms with Crippen molar-refractivity contribution in [1.29, 1.82) is 0 Å². The van der Waals surface area contributed by atoms with Gasteiger partial charge in [-0.25, -0.2) is 0 Å². The minimum atomic E-state index is -0.459. The predicted molar refractivity (Wildman–Crippen MR) is 93.7 cm³/mol. The smallest absolute Gasteiger partial charge is 0.268 e. The van der Waals surface area contributed by atoms with E-state index in [9.17, 15) is 9.59 Å². The van der Waals surface area contributed by atoms with Crippen LogP contribution in [0.5, 0.6) is 5.75 Å². The number of rotatable bonds is 5. The van der Waals surface area contributed by atoms with Crippen molar-refractivity contribution in [2.75, 3.05) is 31.1 Å². The molecule has 5 heteroatoms. The molecule has 0 spiro atoms. The van der Waals surface area contributed by atoms with Crippen LogP contribution in [-0.4, -0.2) is 48.9 Å². The van der Waals surface area contributed by atoms with E-state index < -0.39 is 6.10 Å². The van der Waals surface area contributed by atoms with E-state index in [-0.39, 0.29) is 17.6 Å². The fraction of sp³-hybridized carbons (Fsp3) is 0.579. The van der Waals surface area contributed by atoms with Gasteiger partial charge in [0.2, 0.25) is 0 Å². The lowest BCUT2D eigenvalue weighted by molar-refractivity contribution is -0.128. The van der Waals surface area contributed by atoms with Crippen LogP contribution in [0.25, 0.3) is 0 Å². The van der Waals surface area contributed by atoms with Crippen molar-refractivity contribution in [3.05, 3.63) is 23.8 Å². The lowest BCUT2D eigenvalue weighted by Gasteiger charge is -2.37. The largest absolute Gasteiger partial charge is 0.478 e. The van der Waals surface area contributed by atoms with Crippen LogP contribution in [0.3, 0.4) is 0 Å². The number of hydrogen-bond donors (Lipinski definition) is 0. The number of nitrogens with zero attached hydrogens (tertiary/aromatic N) is 2. The molecule has 0 N–H and O–H groups in total. The summed E-state index contributed by atoms with van der Waals surface area (Å²) >= 11 is 0. The minimum Gasteiger partial charge on any atom is -0.478 e. The van der Waals surface area contributed by atoms with Crippen LogP contribution < -0.4 is 9.64 Å². The van der Waals surface area contributed by atoms with Crippen LogP contribution in [0.1, 0.15) is 44.0 Å². The van der Waals surface area contributed by atoms with Gasteiger partial charge in [-0.05, 0) is 57.0 Å². The molecule has 130 valence electrons. The van der Waals surface area contributed by atoms with E-state index in [0.717, 1.165) is 25.3 Å². The van der Waals surface area contributed by atoms with Crippen molar-refractivity contribution in [2.24, 2.45) is 5.92 Å². The van der Waals surface area contributed by atoms with Crippen molar-refractivity contribution in [3.8, 4) is 5.75 Å². The van der Waals surface area contributed by atoms with Gasteiger partial charge >= 0.3 is 0 Å². The van der Waals surface area contributed by atoms with Gasteiger partial charge < -0.3 is 14.5 Å². The number of anilines is 1. The van der Waals surface area contributed by atoms with E-state index in [0.29, 0.717) is 17.9 Å². The Morgan fingerprint density at radius 2 is 1.96 bits per heavy atom. The van der Waals surface area contributed by atoms with Gasteiger partial charge in [0.15, 0.2) is 11.9 Å². The first kappa shape index (κ1) is 17.0. The Bertz CT molecular complexity index is 635. The van der Waals surface area contributed by atoms with Crippen LogP contribution >= 0.6 is 0 Å². The Kier molecular flexibility index (Phi) is 4.90. The Labute approximate surface area is 143 Å². The Hall–Kier alpha value is -1.88. The van der Waals surface area contributed by atoms with Crippen molar-refractivity contribution in [3.63, 3.8) is 0 Å². The molecule has 2 aliphatic rings. The molecule has 1 unspecified atom stereocenters. The molecule has 0 bridgehead atoms. The van der Waals surface area contributed by atoms with E-state index in [1.54, 1.807) is 19.1 Å². The molecule has 24 heavy (non-hydrogen) atoms. The molecule has 3 rings (SSSR count). The average Bonchev–Trinajstić information content (AvgIpc) is 3.06. The molecular weight excluding hydrogens is 304 g/mol. The first-order chi connectivity index (χ1) is 11.5. The number of benzene rings is 1. The van der Waals surface area contributed by atoms with Crippen molar-refractivity contribution in [1.82, 2.24) is 4.90 Å². The number of Topliss-reactive ketones (excluding diaryl/α,β-unsaturated/α-hetero) is 1. The third kappa shape index (κ3) is 3.31. The lowest BCUT2D eigenvalue weighted by Crippen LogP contribution is -2.50. The van der Waals surface area contributed by atoms with E-state index in [2.05, 4.69) is 4.90 Å². The predicted octanol–water partition coefficient (Wildman–Crippen LogP) is 2.74. The summed E-state index contributed by atoms with van der Waals surface area (Å²) in [5, 5.41) is 0. The monoisotopic (exact) mass is 330 g/mol. The summed E-state index contributed by atoms with van der Waals surface area (Å²) < 4.78 is 5.93. The topological polar surface area (TPSA) is 49.9 Å². The zero-order valence-electron chi connectivity index (χ0n) is 14.7. The summed E-state index contributed by atoms with van der Waals surface area (Å²) in [6.45, 7) is 9.24. The van der Waals surface area contributed by atoms with Gasteiger partial charge in [-0.15, -0.1) is 0 Å². The summed E-state index contributed by atoms with van der Waals surface area (Å²) in [7, 11) is 0. The van der Waals surface area contributed by atoms with E-state index in [1.807, 2.05) is 24.8 Å². The van der Waals surface area contributed by atoms with Gasteiger partial charge in [-0.1, -0.05) is 13.8 Å². The maximum Gasteiger partial charge on any atom is 0.268 e. The average molecular weight is 330 g/mol. The van der Waals surface area contributed by atoms with Crippen molar-refractivity contribution < 1.29 is 14.3 Å². The highest BCUT2D eigenvalue weighted by atomic mass is 16.5. The summed E-state index contributed by atoms with van der Waals surface area (Å²) in [6, 6.07) is 5.37. The zero-order valence-corrected chi connectivity index (χ0v) is 14.7. The summed E-state index contributed by atoms with van der Waals surface area (Å²) in [5.41, 5.74) is 1.34. The molecule has 1 aromatic carbocycles. The fourth-order valence-corrected chi connectivity index (χ4v) is 3.41. The van der Waals surface area contributed by atoms with E-state index in [4.69, 9.17) is 4.74 Å². The molecule has 0 radical (unpaired) electrons.